The highest BCUT2D eigenvalue weighted by molar-refractivity contribution is 5.81. The quantitative estimate of drug-likeness (QED) is 0.335. The molecule has 26 heavy (non-hydrogen) atoms. The monoisotopic (exact) mass is 367 g/mol. The van der Waals surface area contributed by atoms with Gasteiger partial charge in [0.1, 0.15) is 12.4 Å². The molecule has 0 saturated carbocycles. The Labute approximate surface area is 156 Å². The van der Waals surface area contributed by atoms with E-state index in [1.807, 2.05) is 37.3 Å². The fourth-order valence-corrected chi connectivity index (χ4v) is 2.36. The summed E-state index contributed by atoms with van der Waals surface area (Å²) in [4.78, 5) is 18.5. The van der Waals surface area contributed by atoms with Crippen molar-refractivity contribution in [1.29, 1.82) is 0 Å². The van der Waals surface area contributed by atoms with Gasteiger partial charge < -0.3 is 24.8 Å². The fourth-order valence-electron chi connectivity index (χ4n) is 2.36. The molecule has 1 aromatic rings. The summed E-state index contributed by atoms with van der Waals surface area (Å²) in [5.74, 6) is 2.45. The Hall–Kier alpha value is -2.16. The zero-order valence-corrected chi connectivity index (χ0v) is 16.7. The van der Waals surface area contributed by atoms with Crippen LogP contribution in [0.25, 0.3) is 0 Å². The third kappa shape index (κ3) is 7.38. The standard InChI is InChI=1S/C17H33N7O2/c1-6-24(7-2)16(25)9-11-19-17(18-10-8-12-26-5)20-13-15-22-21-14(3)23(15)4/h6-13H2,1-5H3,(H2,18,19,20). The lowest BCUT2D eigenvalue weighted by atomic mass is 10.3. The number of guanidine groups is 1. The summed E-state index contributed by atoms with van der Waals surface area (Å²) in [6.07, 6.45) is 1.31. The normalized spacial score (nSPS) is 11.5. The molecule has 0 spiro atoms. The van der Waals surface area contributed by atoms with Gasteiger partial charge in [-0.3, -0.25) is 4.79 Å². The lowest BCUT2D eigenvalue weighted by Gasteiger charge is -2.19. The number of nitrogens with one attached hydrogen (secondary N) is 2. The van der Waals surface area contributed by atoms with Crippen LogP contribution in [-0.4, -0.2) is 71.4 Å². The SMILES string of the molecule is CCN(CC)C(=O)CCNC(=NCc1nnc(C)n1C)NCCCOC. The van der Waals surface area contributed by atoms with Crippen LogP contribution >= 0.6 is 0 Å². The van der Waals surface area contributed by atoms with Gasteiger partial charge in [0.15, 0.2) is 11.8 Å². The highest BCUT2D eigenvalue weighted by Crippen LogP contribution is 1.99. The van der Waals surface area contributed by atoms with E-state index >= 15 is 0 Å². The van der Waals surface area contributed by atoms with Crippen LogP contribution in [0.3, 0.4) is 0 Å². The van der Waals surface area contributed by atoms with Gasteiger partial charge in [0, 0.05) is 53.4 Å². The smallest absolute Gasteiger partial charge is 0.224 e. The number of ether oxygens (including phenoxy) is 1. The molecule has 0 unspecified atom stereocenters. The Bertz CT molecular complexity index is 567. The number of amides is 1. The van der Waals surface area contributed by atoms with E-state index in [9.17, 15) is 4.79 Å². The van der Waals surface area contributed by atoms with E-state index in [2.05, 4.69) is 25.8 Å². The molecule has 2 N–H and O–H groups in total. The summed E-state index contributed by atoms with van der Waals surface area (Å²) in [7, 11) is 3.60. The number of aliphatic imine (C=N–C) groups is 1. The maximum atomic E-state index is 12.1. The average molecular weight is 367 g/mol. The molecule has 0 aliphatic rings. The van der Waals surface area contributed by atoms with Crippen LogP contribution in [0.2, 0.25) is 0 Å². The summed E-state index contributed by atoms with van der Waals surface area (Å²) < 4.78 is 6.98. The fraction of sp³-hybridized carbons (Fsp3) is 0.765. The number of carbonyl (C=O) groups is 1. The van der Waals surface area contributed by atoms with Crippen molar-refractivity contribution >= 4 is 11.9 Å². The number of aryl methyl sites for hydroxylation is 1. The van der Waals surface area contributed by atoms with Crippen LogP contribution in [0, 0.1) is 6.92 Å². The Morgan fingerprint density at radius 1 is 1.23 bits per heavy atom. The van der Waals surface area contributed by atoms with E-state index < -0.39 is 0 Å². The lowest BCUT2D eigenvalue weighted by molar-refractivity contribution is -0.130. The highest BCUT2D eigenvalue weighted by Gasteiger charge is 2.10. The second kappa shape index (κ2) is 12.2. The van der Waals surface area contributed by atoms with Gasteiger partial charge in [0.2, 0.25) is 5.91 Å². The molecular weight excluding hydrogens is 334 g/mol. The van der Waals surface area contributed by atoms with Crippen molar-refractivity contribution in [2.75, 3.05) is 39.9 Å². The lowest BCUT2D eigenvalue weighted by Crippen LogP contribution is -2.40. The molecule has 0 atom stereocenters. The minimum atomic E-state index is 0.144. The summed E-state index contributed by atoms with van der Waals surface area (Å²) in [5.41, 5.74) is 0. The number of aromatic nitrogens is 3. The molecule has 0 fully saturated rings. The second-order valence-electron chi connectivity index (χ2n) is 5.90. The van der Waals surface area contributed by atoms with Gasteiger partial charge >= 0.3 is 0 Å². The zero-order valence-electron chi connectivity index (χ0n) is 16.7. The molecule has 1 amide bonds. The molecule has 0 aliphatic carbocycles. The molecule has 9 nitrogen and oxygen atoms in total. The molecule has 0 aromatic carbocycles. The number of hydrogen-bond acceptors (Lipinski definition) is 5. The predicted molar refractivity (Wildman–Crippen MR) is 102 cm³/mol. The summed E-state index contributed by atoms with van der Waals surface area (Å²) in [6, 6.07) is 0. The highest BCUT2D eigenvalue weighted by atomic mass is 16.5. The maximum Gasteiger partial charge on any atom is 0.224 e. The van der Waals surface area contributed by atoms with Crippen molar-refractivity contribution in [3.63, 3.8) is 0 Å². The van der Waals surface area contributed by atoms with Gasteiger partial charge in [-0.2, -0.15) is 0 Å². The van der Waals surface area contributed by atoms with Gasteiger partial charge in [-0.25, -0.2) is 4.99 Å². The molecule has 1 heterocycles. The molecule has 1 rings (SSSR count). The van der Waals surface area contributed by atoms with Gasteiger partial charge in [0.25, 0.3) is 0 Å². The molecule has 0 bridgehead atoms. The average Bonchev–Trinajstić information content (AvgIpc) is 2.95. The van der Waals surface area contributed by atoms with Crippen LogP contribution in [0.15, 0.2) is 4.99 Å². The van der Waals surface area contributed by atoms with Crippen molar-refractivity contribution in [3.8, 4) is 0 Å². The summed E-state index contributed by atoms with van der Waals surface area (Å²) in [5, 5.41) is 14.6. The third-order valence-electron chi connectivity index (χ3n) is 4.13. The van der Waals surface area contributed by atoms with Crippen LogP contribution in [-0.2, 0) is 23.1 Å². The second-order valence-corrected chi connectivity index (χ2v) is 5.90. The van der Waals surface area contributed by atoms with Gasteiger partial charge in [-0.15, -0.1) is 10.2 Å². The topological polar surface area (TPSA) is 96.7 Å². The number of carbonyl (C=O) groups excluding carboxylic acids is 1. The first-order valence-electron chi connectivity index (χ1n) is 9.17. The van der Waals surface area contributed by atoms with Gasteiger partial charge in [0.05, 0.1) is 0 Å². The largest absolute Gasteiger partial charge is 0.385 e. The van der Waals surface area contributed by atoms with E-state index in [1.54, 1.807) is 7.11 Å². The first-order valence-corrected chi connectivity index (χ1v) is 9.17. The van der Waals surface area contributed by atoms with Crippen LogP contribution in [0.5, 0.6) is 0 Å². The van der Waals surface area contributed by atoms with E-state index in [4.69, 9.17) is 4.74 Å². The number of nitrogens with zero attached hydrogens (tertiary/aromatic N) is 5. The third-order valence-corrected chi connectivity index (χ3v) is 4.13. The minimum absolute atomic E-state index is 0.144. The van der Waals surface area contributed by atoms with Gasteiger partial charge in [-0.1, -0.05) is 0 Å². The van der Waals surface area contributed by atoms with E-state index in [-0.39, 0.29) is 5.91 Å². The number of methoxy groups -OCH3 is 1. The molecule has 0 aliphatic heterocycles. The molecule has 1 aromatic heterocycles. The molecular formula is C17H33N7O2. The van der Waals surface area contributed by atoms with Gasteiger partial charge in [-0.05, 0) is 27.2 Å². The Balaban J connectivity index is 2.58. The molecule has 148 valence electrons. The Kier molecular flexibility index (Phi) is 10.3. The van der Waals surface area contributed by atoms with Crippen molar-refractivity contribution < 1.29 is 9.53 Å². The van der Waals surface area contributed by atoms with Crippen molar-refractivity contribution in [3.05, 3.63) is 11.6 Å². The zero-order chi connectivity index (χ0) is 19.4. The number of rotatable bonds is 11. The van der Waals surface area contributed by atoms with E-state index in [0.717, 1.165) is 37.7 Å². The van der Waals surface area contributed by atoms with Crippen molar-refractivity contribution in [2.45, 2.75) is 40.2 Å². The molecule has 0 saturated heterocycles. The summed E-state index contributed by atoms with van der Waals surface area (Å²) in [6.45, 7) is 9.72. The van der Waals surface area contributed by atoms with Crippen LogP contribution < -0.4 is 10.6 Å². The van der Waals surface area contributed by atoms with Crippen molar-refractivity contribution in [1.82, 2.24) is 30.3 Å². The summed E-state index contributed by atoms with van der Waals surface area (Å²) >= 11 is 0. The Morgan fingerprint density at radius 2 is 1.92 bits per heavy atom. The van der Waals surface area contributed by atoms with Crippen LogP contribution in [0.4, 0.5) is 0 Å². The molecule has 9 heteroatoms. The van der Waals surface area contributed by atoms with Crippen LogP contribution in [0.1, 0.15) is 38.3 Å². The van der Waals surface area contributed by atoms with Crippen molar-refractivity contribution in [2.24, 2.45) is 12.0 Å². The first kappa shape index (κ1) is 21.9. The van der Waals surface area contributed by atoms with E-state index in [0.29, 0.717) is 32.1 Å². The molecule has 0 radical (unpaired) electrons. The van der Waals surface area contributed by atoms with E-state index in [1.165, 1.54) is 0 Å². The minimum Gasteiger partial charge on any atom is -0.385 e. The number of hydrogen-bond donors (Lipinski definition) is 2. The predicted octanol–water partition coefficient (Wildman–Crippen LogP) is 0.454. The first-order chi connectivity index (χ1) is 12.5. The Morgan fingerprint density at radius 3 is 2.50 bits per heavy atom. The maximum absolute atomic E-state index is 12.1.